The molecule has 0 bridgehead atoms. The third kappa shape index (κ3) is 3.26. The molecule has 1 aromatic rings. The molecular formula is C15H21N3O. The lowest BCUT2D eigenvalue weighted by atomic mass is 10.2. The lowest BCUT2D eigenvalue weighted by Crippen LogP contribution is -2.20. The molecule has 4 nitrogen and oxygen atoms in total. The van der Waals surface area contributed by atoms with Crippen LogP contribution in [0.1, 0.15) is 32.1 Å². The van der Waals surface area contributed by atoms with Gasteiger partial charge in [-0.2, -0.15) is 0 Å². The van der Waals surface area contributed by atoms with E-state index in [-0.39, 0.29) is 11.8 Å². The Morgan fingerprint density at radius 3 is 2.32 bits per heavy atom. The Hall–Kier alpha value is -1.55. The minimum atomic E-state index is 0.155. The van der Waals surface area contributed by atoms with E-state index in [1.807, 2.05) is 24.3 Å². The number of carbonyl (C=O) groups is 1. The van der Waals surface area contributed by atoms with Gasteiger partial charge in [-0.15, -0.1) is 0 Å². The standard InChI is InChI=1S/C15H21N3O/c16-11-3-4-14(9-11)17-12-5-7-13(8-6-12)18-15(19)10-1-2-10/h5-8,10-11,14,17H,1-4,9,16H2,(H,18,19). The summed E-state index contributed by atoms with van der Waals surface area (Å²) < 4.78 is 0. The van der Waals surface area contributed by atoms with E-state index in [2.05, 4.69) is 10.6 Å². The normalized spacial score (nSPS) is 26.2. The third-order valence-corrected chi connectivity index (χ3v) is 3.94. The second-order valence-corrected chi connectivity index (χ2v) is 5.76. The van der Waals surface area contributed by atoms with Gasteiger partial charge in [0.1, 0.15) is 0 Å². The van der Waals surface area contributed by atoms with E-state index in [1.165, 1.54) is 0 Å². The van der Waals surface area contributed by atoms with Crippen LogP contribution in [-0.4, -0.2) is 18.0 Å². The summed E-state index contributed by atoms with van der Waals surface area (Å²) in [5.74, 6) is 0.403. The lowest BCUT2D eigenvalue weighted by molar-refractivity contribution is -0.117. The monoisotopic (exact) mass is 259 g/mol. The van der Waals surface area contributed by atoms with E-state index >= 15 is 0 Å². The van der Waals surface area contributed by atoms with Gasteiger partial charge in [0.25, 0.3) is 0 Å². The van der Waals surface area contributed by atoms with E-state index in [0.717, 1.165) is 43.5 Å². The van der Waals surface area contributed by atoms with Gasteiger partial charge in [-0.25, -0.2) is 0 Å². The average molecular weight is 259 g/mol. The second kappa shape index (κ2) is 5.21. The van der Waals surface area contributed by atoms with E-state index in [9.17, 15) is 4.79 Å². The van der Waals surface area contributed by atoms with Crippen LogP contribution in [0.15, 0.2) is 24.3 Å². The summed E-state index contributed by atoms with van der Waals surface area (Å²) in [6.07, 6.45) is 5.36. The lowest BCUT2D eigenvalue weighted by Gasteiger charge is -2.14. The Morgan fingerprint density at radius 1 is 1.05 bits per heavy atom. The van der Waals surface area contributed by atoms with Crippen molar-refractivity contribution in [1.29, 1.82) is 0 Å². The van der Waals surface area contributed by atoms with Gasteiger partial charge in [-0.05, 0) is 56.4 Å². The third-order valence-electron chi connectivity index (χ3n) is 3.94. The number of hydrogen-bond donors (Lipinski definition) is 3. The Morgan fingerprint density at radius 2 is 1.74 bits per heavy atom. The molecule has 102 valence electrons. The minimum Gasteiger partial charge on any atom is -0.382 e. The molecule has 2 aliphatic carbocycles. The van der Waals surface area contributed by atoms with Gasteiger partial charge >= 0.3 is 0 Å². The SMILES string of the molecule is NC1CCC(Nc2ccc(NC(=O)C3CC3)cc2)C1. The van der Waals surface area contributed by atoms with Gasteiger partial charge in [0.05, 0.1) is 0 Å². The van der Waals surface area contributed by atoms with Gasteiger partial charge in [0.15, 0.2) is 0 Å². The topological polar surface area (TPSA) is 67.2 Å². The van der Waals surface area contributed by atoms with Crippen LogP contribution in [0.3, 0.4) is 0 Å². The molecule has 2 fully saturated rings. The first kappa shape index (κ1) is 12.5. The van der Waals surface area contributed by atoms with Gasteiger partial charge in [-0.3, -0.25) is 4.79 Å². The summed E-state index contributed by atoms with van der Waals surface area (Å²) in [4.78, 5) is 11.6. The first-order chi connectivity index (χ1) is 9.20. The molecule has 3 rings (SSSR count). The molecule has 2 atom stereocenters. The summed E-state index contributed by atoms with van der Waals surface area (Å²) in [6.45, 7) is 0. The molecule has 2 aliphatic rings. The smallest absolute Gasteiger partial charge is 0.227 e. The Balaban J connectivity index is 1.54. The fourth-order valence-corrected chi connectivity index (χ4v) is 2.62. The molecule has 0 heterocycles. The molecule has 2 unspecified atom stereocenters. The summed E-state index contributed by atoms with van der Waals surface area (Å²) in [6, 6.07) is 8.78. The number of carbonyl (C=O) groups excluding carboxylic acids is 1. The van der Waals surface area contributed by atoms with Crippen molar-refractivity contribution in [2.75, 3.05) is 10.6 Å². The number of rotatable bonds is 4. The van der Waals surface area contributed by atoms with Crippen LogP contribution >= 0.6 is 0 Å². The summed E-state index contributed by atoms with van der Waals surface area (Å²) in [5.41, 5.74) is 7.89. The predicted octanol–water partition coefficient (Wildman–Crippen LogP) is 2.33. The molecule has 0 aromatic heterocycles. The molecule has 0 aliphatic heterocycles. The number of nitrogens with one attached hydrogen (secondary N) is 2. The first-order valence-electron chi connectivity index (χ1n) is 7.14. The van der Waals surface area contributed by atoms with Gasteiger partial charge in [-0.1, -0.05) is 0 Å². The number of hydrogen-bond acceptors (Lipinski definition) is 3. The number of benzene rings is 1. The van der Waals surface area contributed by atoms with Crippen molar-refractivity contribution in [2.45, 2.75) is 44.2 Å². The zero-order chi connectivity index (χ0) is 13.2. The van der Waals surface area contributed by atoms with E-state index in [0.29, 0.717) is 12.1 Å². The van der Waals surface area contributed by atoms with Crippen molar-refractivity contribution >= 4 is 17.3 Å². The van der Waals surface area contributed by atoms with Crippen LogP contribution in [0, 0.1) is 5.92 Å². The Bertz CT molecular complexity index is 453. The highest BCUT2D eigenvalue weighted by Gasteiger charge is 2.29. The molecular weight excluding hydrogens is 238 g/mol. The maximum absolute atomic E-state index is 11.6. The highest BCUT2D eigenvalue weighted by atomic mass is 16.2. The van der Waals surface area contributed by atoms with Crippen molar-refractivity contribution in [3.8, 4) is 0 Å². The molecule has 0 radical (unpaired) electrons. The zero-order valence-corrected chi connectivity index (χ0v) is 11.1. The minimum absolute atomic E-state index is 0.155. The van der Waals surface area contributed by atoms with E-state index < -0.39 is 0 Å². The largest absolute Gasteiger partial charge is 0.382 e. The van der Waals surface area contributed by atoms with Crippen molar-refractivity contribution in [2.24, 2.45) is 11.7 Å². The van der Waals surface area contributed by atoms with Crippen LogP contribution in [0.25, 0.3) is 0 Å². The molecule has 0 spiro atoms. The van der Waals surface area contributed by atoms with Crippen molar-refractivity contribution < 1.29 is 4.79 Å². The first-order valence-corrected chi connectivity index (χ1v) is 7.14. The molecule has 19 heavy (non-hydrogen) atoms. The highest BCUT2D eigenvalue weighted by molar-refractivity contribution is 5.94. The van der Waals surface area contributed by atoms with Crippen LogP contribution in [-0.2, 0) is 4.79 Å². The maximum atomic E-state index is 11.6. The molecule has 1 amide bonds. The van der Waals surface area contributed by atoms with Gasteiger partial charge in [0, 0.05) is 29.4 Å². The van der Waals surface area contributed by atoms with Gasteiger partial charge < -0.3 is 16.4 Å². The summed E-state index contributed by atoms with van der Waals surface area (Å²) in [5, 5.41) is 6.44. The van der Waals surface area contributed by atoms with Crippen LogP contribution < -0.4 is 16.4 Å². The van der Waals surface area contributed by atoms with E-state index in [4.69, 9.17) is 5.73 Å². The van der Waals surface area contributed by atoms with Crippen molar-refractivity contribution in [3.05, 3.63) is 24.3 Å². The molecule has 4 N–H and O–H groups in total. The summed E-state index contributed by atoms with van der Waals surface area (Å²) >= 11 is 0. The Labute approximate surface area is 113 Å². The van der Waals surface area contributed by atoms with Crippen molar-refractivity contribution in [3.63, 3.8) is 0 Å². The maximum Gasteiger partial charge on any atom is 0.227 e. The van der Waals surface area contributed by atoms with Gasteiger partial charge in [0.2, 0.25) is 5.91 Å². The van der Waals surface area contributed by atoms with E-state index in [1.54, 1.807) is 0 Å². The molecule has 1 aromatic carbocycles. The highest BCUT2D eigenvalue weighted by Crippen LogP contribution is 2.30. The molecule has 0 saturated heterocycles. The van der Waals surface area contributed by atoms with Crippen LogP contribution in [0.5, 0.6) is 0 Å². The molecule has 2 saturated carbocycles. The van der Waals surface area contributed by atoms with Crippen LogP contribution in [0.2, 0.25) is 0 Å². The Kier molecular flexibility index (Phi) is 3.42. The number of amides is 1. The summed E-state index contributed by atoms with van der Waals surface area (Å²) in [7, 11) is 0. The number of nitrogens with two attached hydrogens (primary N) is 1. The molecule has 4 heteroatoms. The second-order valence-electron chi connectivity index (χ2n) is 5.76. The van der Waals surface area contributed by atoms with Crippen molar-refractivity contribution in [1.82, 2.24) is 0 Å². The fourth-order valence-electron chi connectivity index (χ4n) is 2.62. The average Bonchev–Trinajstić information content (AvgIpc) is 3.17. The fraction of sp³-hybridized carbons (Fsp3) is 0.533. The predicted molar refractivity (Wildman–Crippen MR) is 77.0 cm³/mol. The quantitative estimate of drug-likeness (QED) is 0.777. The number of anilines is 2. The zero-order valence-electron chi connectivity index (χ0n) is 11.1. The van der Waals surface area contributed by atoms with Crippen LogP contribution in [0.4, 0.5) is 11.4 Å².